The van der Waals surface area contributed by atoms with Crippen LogP contribution in [0.25, 0.3) is 10.4 Å². The number of ether oxygens (including phenoxy) is 2. The molecule has 1 fully saturated rings. The lowest BCUT2D eigenvalue weighted by molar-refractivity contribution is -0.162. The van der Waals surface area contributed by atoms with Gasteiger partial charge in [0.1, 0.15) is 5.54 Å². The minimum atomic E-state index is -0.618. The average Bonchev–Trinajstić information content (AvgIpc) is 2.31. The molecule has 0 aromatic heterocycles. The maximum absolute atomic E-state index is 11.9. The first-order chi connectivity index (χ1) is 8.68. The number of carbonyl (C=O) groups excluding carboxylic acids is 1. The summed E-state index contributed by atoms with van der Waals surface area (Å²) in [4.78, 5) is 14.6. The topological polar surface area (TPSA) is 96.3 Å². The van der Waals surface area contributed by atoms with Crippen molar-refractivity contribution in [2.45, 2.75) is 37.8 Å². The van der Waals surface area contributed by atoms with Crippen molar-refractivity contribution < 1.29 is 14.3 Å². The van der Waals surface area contributed by atoms with Gasteiger partial charge in [0.15, 0.2) is 0 Å². The van der Waals surface area contributed by atoms with Gasteiger partial charge >= 0.3 is 5.97 Å². The summed E-state index contributed by atoms with van der Waals surface area (Å²) in [6.07, 6.45) is 2.07. The molecule has 0 aromatic carbocycles. The van der Waals surface area contributed by atoms with Gasteiger partial charge < -0.3 is 14.8 Å². The largest absolute Gasteiger partial charge is 0.465 e. The van der Waals surface area contributed by atoms with Gasteiger partial charge in [-0.2, -0.15) is 0 Å². The first-order valence-corrected chi connectivity index (χ1v) is 6.14. The molecule has 0 aliphatic heterocycles. The van der Waals surface area contributed by atoms with E-state index in [0.29, 0.717) is 39.0 Å². The summed E-state index contributed by atoms with van der Waals surface area (Å²) in [6, 6.07) is 0. The molecule has 7 heteroatoms. The molecular formula is C11H20N4O3. The number of methoxy groups -OCH3 is 1. The number of esters is 1. The van der Waals surface area contributed by atoms with Gasteiger partial charge in [-0.25, -0.2) is 0 Å². The van der Waals surface area contributed by atoms with Gasteiger partial charge in [0.25, 0.3) is 0 Å². The molecule has 0 heterocycles. The number of hydrogen-bond acceptors (Lipinski definition) is 5. The van der Waals surface area contributed by atoms with E-state index in [1.54, 1.807) is 14.0 Å². The van der Waals surface area contributed by atoms with Crippen LogP contribution in [0.2, 0.25) is 0 Å². The van der Waals surface area contributed by atoms with Gasteiger partial charge in [-0.1, -0.05) is 5.11 Å². The Labute approximate surface area is 106 Å². The highest BCUT2D eigenvalue weighted by Crippen LogP contribution is 2.35. The summed E-state index contributed by atoms with van der Waals surface area (Å²) in [5.74, 6) is -0.220. The molecule has 0 unspecified atom stereocenters. The molecule has 0 spiro atoms. The second-order valence-corrected chi connectivity index (χ2v) is 4.30. The van der Waals surface area contributed by atoms with Crippen molar-refractivity contribution in [3.63, 3.8) is 0 Å². The van der Waals surface area contributed by atoms with Crippen LogP contribution in [0.15, 0.2) is 5.11 Å². The summed E-state index contributed by atoms with van der Waals surface area (Å²) in [5.41, 5.74) is 7.54. The molecule has 0 radical (unpaired) electrons. The van der Waals surface area contributed by atoms with Crippen LogP contribution in [0, 0.1) is 0 Å². The van der Waals surface area contributed by atoms with Gasteiger partial charge in [0.05, 0.1) is 12.7 Å². The van der Waals surface area contributed by atoms with E-state index >= 15 is 0 Å². The first-order valence-electron chi connectivity index (χ1n) is 6.14. The third-order valence-electron chi connectivity index (χ3n) is 3.11. The second-order valence-electron chi connectivity index (χ2n) is 4.30. The smallest absolute Gasteiger partial charge is 0.326 e. The Kier molecular flexibility index (Phi) is 5.91. The summed E-state index contributed by atoms with van der Waals surface area (Å²) in [7, 11) is 1.64. The maximum Gasteiger partial charge on any atom is 0.326 e. The molecule has 0 saturated heterocycles. The number of hydrogen-bond donors (Lipinski definition) is 1. The summed E-state index contributed by atoms with van der Waals surface area (Å²) < 4.78 is 10.3. The zero-order valence-corrected chi connectivity index (χ0v) is 10.9. The maximum atomic E-state index is 11.9. The van der Waals surface area contributed by atoms with Crippen molar-refractivity contribution in [3.8, 4) is 0 Å². The van der Waals surface area contributed by atoms with E-state index in [-0.39, 0.29) is 12.1 Å². The summed E-state index contributed by atoms with van der Waals surface area (Å²) >= 11 is 0. The minimum absolute atomic E-state index is 0.110. The third kappa shape index (κ3) is 3.60. The standard InChI is InChI=1S/C11H20N4O3/c1-3-18-10(16)11(7-9(8-11)17-2)13-5-4-6-14-15-12/h9,13H,3-8H2,1-2H3. The number of nitrogens with zero attached hydrogens (tertiary/aromatic N) is 3. The monoisotopic (exact) mass is 256 g/mol. The average molecular weight is 256 g/mol. The molecule has 0 amide bonds. The highest BCUT2D eigenvalue weighted by molar-refractivity contribution is 5.82. The SMILES string of the molecule is CCOC(=O)C1(NCCCN=[N+]=[N-])CC(OC)C1. The molecule has 1 rings (SSSR count). The van der Waals surface area contributed by atoms with Crippen LogP contribution in [0.4, 0.5) is 0 Å². The molecule has 18 heavy (non-hydrogen) atoms. The van der Waals surface area contributed by atoms with Gasteiger partial charge in [0.2, 0.25) is 0 Å². The second kappa shape index (κ2) is 7.20. The van der Waals surface area contributed by atoms with E-state index in [4.69, 9.17) is 15.0 Å². The van der Waals surface area contributed by atoms with E-state index in [1.165, 1.54) is 0 Å². The van der Waals surface area contributed by atoms with Crippen molar-refractivity contribution >= 4 is 5.97 Å². The van der Waals surface area contributed by atoms with Gasteiger partial charge in [-0.05, 0) is 25.4 Å². The quantitative estimate of drug-likeness (QED) is 0.233. The fraction of sp³-hybridized carbons (Fsp3) is 0.909. The molecular weight excluding hydrogens is 236 g/mol. The number of nitrogens with one attached hydrogen (secondary N) is 1. The van der Waals surface area contributed by atoms with Crippen molar-refractivity contribution in [1.29, 1.82) is 0 Å². The van der Waals surface area contributed by atoms with Crippen LogP contribution in [0.3, 0.4) is 0 Å². The van der Waals surface area contributed by atoms with Gasteiger partial charge in [0, 0.05) is 31.4 Å². The lowest BCUT2D eigenvalue weighted by Crippen LogP contribution is -2.63. The Morgan fingerprint density at radius 2 is 2.33 bits per heavy atom. The number of carbonyl (C=O) groups is 1. The zero-order chi connectivity index (χ0) is 13.4. The normalized spacial score (nSPS) is 26.0. The molecule has 1 saturated carbocycles. The van der Waals surface area contributed by atoms with E-state index in [9.17, 15) is 4.79 Å². The summed E-state index contributed by atoms with van der Waals surface area (Å²) in [6.45, 7) is 3.21. The lowest BCUT2D eigenvalue weighted by Gasteiger charge is -2.45. The van der Waals surface area contributed by atoms with Gasteiger partial charge in [-0.3, -0.25) is 4.79 Å². The van der Waals surface area contributed by atoms with E-state index < -0.39 is 5.54 Å². The fourth-order valence-corrected chi connectivity index (χ4v) is 2.06. The van der Waals surface area contributed by atoms with E-state index in [1.807, 2.05) is 0 Å². The molecule has 0 aromatic rings. The Balaban J connectivity index is 2.42. The van der Waals surface area contributed by atoms with Crippen LogP contribution < -0.4 is 5.32 Å². The molecule has 0 bridgehead atoms. The summed E-state index contributed by atoms with van der Waals surface area (Å²) in [5, 5.41) is 6.65. The number of azide groups is 1. The van der Waals surface area contributed by atoms with Crippen molar-refractivity contribution in [2.75, 3.05) is 26.8 Å². The van der Waals surface area contributed by atoms with Crippen LogP contribution in [0.5, 0.6) is 0 Å². The van der Waals surface area contributed by atoms with Crippen LogP contribution in [-0.2, 0) is 14.3 Å². The first kappa shape index (κ1) is 14.8. The predicted molar refractivity (Wildman–Crippen MR) is 66.0 cm³/mol. The Morgan fingerprint density at radius 1 is 1.61 bits per heavy atom. The fourth-order valence-electron chi connectivity index (χ4n) is 2.06. The molecule has 7 nitrogen and oxygen atoms in total. The lowest BCUT2D eigenvalue weighted by atomic mass is 9.74. The highest BCUT2D eigenvalue weighted by Gasteiger charge is 2.51. The van der Waals surface area contributed by atoms with Crippen molar-refractivity contribution in [2.24, 2.45) is 5.11 Å². The van der Waals surface area contributed by atoms with E-state index in [2.05, 4.69) is 15.3 Å². The molecule has 1 N–H and O–H groups in total. The van der Waals surface area contributed by atoms with Crippen molar-refractivity contribution in [1.82, 2.24) is 5.32 Å². The van der Waals surface area contributed by atoms with Crippen LogP contribution in [0.1, 0.15) is 26.2 Å². The molecule has 102 valence electrons. The number of rotatable bonds is 8. The Morgan fingerprint density at radius 3 is 2.89 bits per heavy atom. The van der Waals surface area contributed by atoms with Gasteiger partial charge in [-0.15, -0.1) is 0 Å². The Bertz CT molecular complexity index is 322. The Hall–Kier alpha value is -1.30. The zero-order valence-electron chi connectivity index (χ0n) is 10.9. The van der Waals surface area contributed by atoms with Crippen LogP contribution >= 0.6 is 0 Å². The van der Waals surface area contributed by atoms with E-state index in [0.717, 1.165) is 0 Å². The third-order valence-corrected chi connectivity index (χ3v) is 3.11. The van der Waals surface area contributed by atoms with Crippen molar-refractivity contribution in [3.05, 3.63) is 10.4 Å². The molecule has 1 aliphatic carbocycles. The molecule has 1 aliphatic rings. The van der Waals surface area contributed by atoms with Crippen LogP contribution in [-0.4, -0.2) is 44.4 Å². The highest BCUT2D eigenvalue weighted by atomic mass is 16.5. The predicted octanol–water partition coefficient (Wildman–Crippen LogP) is 1.39. The minimum Gasteiger partial charge on any atom is -0.465 e. The molecule has 0 atom stereocenters.